The Morgan fingerprint density at radius 3 is 1.74 bits per heavy atom. The fourth-order valence-corrected chi connectivity index (χ4v) is 7.83. The van der Waals surface area contributed by atoms with Crippen molar-refractivity contribution < 1.29 is 31.4 Å². The Bertz CT molecular complexity index is 364. The number of rotatable bonds is 17. The van der Waals surface area contributed by atoms with Crippen LogP contribution in [-0.4, -0.2) is 76.3 Å². The Hall–Kier alpha value is 0.0138. The largest absolute Gasteiger partial charge is 0.500 e. The van der Waals surface area contributed by atoms with Gasteiger partial charge in [-0.1, -0.05) is 11.8 Å². The second kappa shape index (κ2) is 15.9. The van der Waals surface area contributed by atoms with E-state index in [0.717, 1.165) is 12.8 Å². The number of hydrogen-bond donors (Lipinski definition) is 1. The van der Waals surface area contributed by atoms with Crippen LogP contribution in [-0.2, 0) is 26.6 Å². The van der Waals surface area contributed by atoms with Crippen LogP contribution in [0.3, 0.4) is 0 Å². The maximum absolute atomic E-state index is 12.0. The zero-order valence-corrected chi connectivity index (χ0v) is 20.4. The maximum Gasteiger partial charge on any atom is 0.500 e. The van der Waals surface area contributed by atoms with Crippen molar-refractivity contribution in [1.82, 2.24) is 5.32 Å². The van der Waals surface area contributed by atoms with Gasteiger partial charge in [-0.15, -0.1) is 0 Å². The molecule has 27 heavy (non-hydrogen) atoms. The number of hydrogen-bond acceptors (Lipinski definition) is 8. The molecule has 0 spiro atoms. The smallest absolute Gasteiger partial charge is 0.377 e. The monoisotopic (exact) mass is 443 g/mol. The predicted molar refractivity (Wildman–Crippen MR) is 112 cm³/mol. The average Bonchev–Trinajstić information content (AvgIpc) is 2.67. The Labute approximate surface area is 170 Å². The van der Waals surface area contributed by atoms with E-state index in [1.807, 2.05) is 20.8 Å². The minimum absolute atomic E-state index is 0.0361. The van der Waals surface area contributed by atoms with E-state index in [1.165, 1.54) is 11.8 Å². The topological polar surface area (TPSA) is 84.5 Å². The van der Waals surface area contributed by atoms with E-state index in [4.69, 9.17) is 26.6 Å². The number of carbonyl (C=O) groups excluding carboxylic acids is 1. The first kappa shape index (κ1) is 27.0. The molecule has 162 valence electrons. The summed E-state index contributed by atoms with van der Waals surface area (Å²) in [6.07, 6.45) is 1.54. The minimum atomic E-state index is -2.63. The highest BCUT2D eigenvalue weighted by Crippen LogP contribution is 2.19. The van der Waals surface area contributed by atoms with Crippen LogP contribution in [0.2, 0.25) is 12.1 Å². The van der Waals surface area contributed by atoms with Crippen LogP contribution in [0.4, 0.5) is 4.79 Å². The van der Waals surface area contributed by atoms with Gasteiger partial charge in [0, 0.05) is 65.5 Å². The molecule has 8 nitrogen and oxygen atoms in total. The summed E-state index contributed by atoms with van der Waals surface area (Å²) in [6.45, 7) is 8.06. The van der Waals surface area contributed by atoms with Crippen LogP contribution in [0.25, 0.3) is 0 Å². The molecule has 0 fully saturated rings. The molecule has 0 unspecified atom stereocenters. The Balaban J connectivity index is 4.10. The standard InChI is InChI=1S/C16H37NO7SSi2/c1-7-22-27(23-8-2,24-9-3)14-10-12-17-16(18)25-13-11-15-26(19-4,20-5)21-6/h7-15H2,1-6H3,(H,17,18). The van der Waals surface area contributed by atoms with Crippen LogP contribution in [0.1, 0.15) is 33.6 Å². The van der Waals surface area contributed by atoms with E-state index >= 15 is 0 Å². The second-order valence-corrected chi connectivity index (χ2v) is 12.4. The SMILES string of the molecule is CCO[Si](CCCNC(=O)SCCC[Si](OC)(OC)OC)(OCC)OCC. The quantitative estimate of drug-likeness (QED) is 0.271. The molecule has 0 aromatic carbocycles. The van der Waals surface area contributed by atoms with Crippen molar-refractivity contribution in [3.63, 3.8) is 0 Å². The summed E-state index contributed by atoms with van der Waals surface area (Å²) in [5, 5.41) is 2.88. The van der Waals surface area contributed by atoms with Gasteiger partial charge in [0.1, 0.15) is 0 Å². The molecule has 0 heterocycles. The normalized spacial score (nSPS) is 12.4. The van der Waals surface area contributed by atoms with Gasteiger partial charge in [0.05, 0.1) is 0 Å². The Morgan fingerprint density at radius 1 is 0.815 bits per heavy atom. The van der Waals surface area contributed by atoms with Crippen LogP contribution in [0.15, 0.2) is 0 Å². The number of amides is 1. The highest BCUT2D eigenvalue weighted by Gasteiger charge is 2.39. The van der Waals surface area contributed by atoms with E-state index in [2.05, 4.69) is 5.32 Å². The first-order valence-corrected chi connectivity index (χ1v) is 14.3. The summed E-state index contributed by atoms with van der Waals surface area (Å²) in [7, 11) is -0.398. The third kappa shape index (κ3) is 10.9. The van der Waals surface area contributed by atoms with Crippen LogP contribution in [0, 0.1) is 0 Å². The number of thioether (sulfide) groups is 1. The molecule has 0 saturated heterocycles. The molecule has 0 bridgehead atoms. The van der Waals surface area contributed by atoms with Crippen molar-refractivity contribution in [2.45, 2.75) is 45.7 Å². The molecule has 0 atom stereocenters. The van der Waals surface area contributed by atoms with Crippen LogP contribution < -0.4 is 5.32 Å². The lowest BCUT2D eigenvalue weighted by Gasteiger charge is -2.28. The first-order valence-electron chi connectivity index (χ1n) is 9.44. The van der Waals surface area contributed by atoms with Crippen molar-refractivity contribution in [2.24, 2.45) is 0 Å². The molecule has 11 heteroatoms. The molecule has 1 amide bonds. The van der Waals surface area contributed by atoms with Crippen molar-refractivity contribution in [1.29, 1.82) is 0 Å². The third-order valence-electron chi connectivity index (χ3n) is 3.82. The van der Waals surface area contributed by atoms with E-state index in [-0.39, 0.29) is 5.24 Å². The maximum atomic E-state index is 12.0. The fraction of sp³-hybridized carbons (Fsp3) is 0.938. The number of nitrogens with one attached hydrogen (secondary N) is 1. The van der Waals surface area contributed by atoms with E-state index in [0.29, 0.717) is 44.2 Å². The molecule has 0 aliphatic carbocycles. The third-order valence-corrected chi connectivity index (χ3v) is 10.7. The lowest BCUT2D eigenvalue weighted by Crippen LogP contribution is -2.46. The molecule has 0 aliphatic rings. The molecular weight excluding hydrogens is 406 g/mol. The summed E-state index contributed by atoms with van der Waals surface area (Å²) in [6, 6.07) is 1.37. The van der Waals surface area contributed by atoms with Gasteiger partial charge in [-0.05, 0) is 33.6 Å². The summed E-state index contributed by atoms with van der Waals surface area (Å²) in [5.74, 6) is 0.687. The summed E-state index contributed by atoms with van der Waals surface area (Å²) in [5.41, 5.74) is 0. The molecule has 0 aromatic rings. The fourth-order valence-electron chi connectivity index (χ4n) is 2.56. The van der Waals surface area contributed by atoms with E-state index in [1.54, 1.807) is 21.3 Å². The van der Waals surface area contributed by atoms with Gasteiger partial charge >= 0.3 is 17.6 Å². The van der Waals surface area contributed by atoms with Gasteiger partial charge in [0.25, 0.3) is 5.24 Å². The van der Waals surface area contributed by atoms with E-state index < -0.39 is 17.6 Å². The summed E-state index contributed by atoms with van der Waals surface area (Å²) >= 11 is 1.26. The van der Waals surface area contributed by atoms with Gasteiger partial charge in [-0.3, -0.25) is 4.79 Å². The molecule has 0 saturated carbocycles. The Kier molecular flexibility index (Phi) is 15.9. The van der Waals surface area contributed by atoms with Crippen molar-refractivity contribution in [3.05, 3.63) is 0 Å². The van der Waals surface area contributed by atoms with E-state index in [9.17, 15) is 4.79 Å². The zero-order valence-electron chi connectivity index (χ0n) is 17.6. The lowest BCUT2D eigenvalue weighted by atomic mass is 10.5. The second-order valence-electron chi connectivity index (χ2n) is 5.55. The highest BCUT2D eigenvalue weighted by atomic mass is 32.2. The van der Waals surface area contributed by atoms with Gasteiger partial charge in [0.2, 0.25) is 0 Å². The van der Waals surface area contributed by atoms with Gasteiger partial charge in [-0.2, -0.15) is 0 Å². The minimum Gasteiger partial charge on any atom is -0.377 e. The molecule has 0 radical (unpaired) electrons. The average molecular weight is 444 g/mol. The predicted octanol–water partition coefficient (Wildman–Crippen LogP) is 3.14. The molecular formula is C16H37NO7SSi2. The van der Waals surface area contributed by atoms with Crippen molar-refractivity contribution in [3.8, 4) is 0 Å². The molecule has 0 rings (SSSR count). The lowest BCUT2D eigenvalue weighted by molar-refractivity contribution is 0.0708. The summed E-state index contributed by atoms with van der Waals surface area (Å²) in [4.78, 5) is 12.0. The zero-order chi connectivity index (χ0) is 20.6. The molecule has 0 aromatic heterocycles. The van der Waals surface area contributed by atoms with Crippen LogP contribution >= 0.6 is 11.8 Å². The number of carbonyl (C=O) groups is 1. The Morgan fingerprint density at radius 2 is 1.30 bits per heavy atom. The highest BCUT2D eigenvalue weighted by molar-refractivity contribution is 8.13. The van der Waals surface area contributed by atoms with Crippen molar-refractivity contribution >= 4 is 34.6 Å². The van der Waals surface area contributed by atoms with Gasteiger partial charge in [-0.25, -0.2) is 0 Å². The summed E-state index contributed by atoms with van der Waals surface area (Å²) < 4.78 is 33.5. The van der Waals surface area contributed by atoms with Gasteiger partial charge < -0.3 is 31.9 Å². The van der Waals surface area contributed by atoms with Crippen LogP contribution in [0.5, 0.6) is 0 Å². The molecule has 1 N–H and O–H groups in total. The first-order chi connectivity index (χ1) is 13.0. The van der Waals surface area contributed by atoms with Crippen molar-refractivity contribution in [2.75, 3.05) is 53.4 Å². The van der Waals surface area contributed by atoms with Gasteiger partial charge in [0.15, 0.2) is 0 Å². The molecule has 0 aliphatic heterocycles.